The highest BCUT2D eigenvalue weighted by Crippen LogP contribution is 2.46. The van der Waals surface area contributed by atoms with E-state index in [1.165, 1.54) is 86.1 Å². The summed E-state index contributed by atoms with van der Waals surface area (Å²) in [5, 5.41) is 7.64. The summed E-state index contributed by atoms with van der Waals surface area (Å²) < 4.78 is 4.99. The maximum Gasteiger partial charge on any atom is 0.0541 e. The van der Waals surface area contributed by atoms with Crippen molar-refractivity contribution in [3.8, 4) is 39.1 Å². The quantitative estimate of drug-likeness (QED) is 0.156. The summed E-state index contributed by atoms with van der Waals surface area (Å²) in [5.74, 6) is 0. The van der Waals surface area contributed by atoms with Crippen molar-refractivity contribution in [3.05, 3.63) is 231 Å². The minimum Gasteiger partial charge on any atom is -0.310 e. The molecule has 0 aliphatic rings. The number of para-hydroxylation sites is 3. The second-order valence-electron chi connectivity index (χ2n) is 15.7. The third-order valence-corrected chi connectivity index (χ3v) is 13.3. The molecule has 3 heteroatoms. The molecule has 12 aromatic rings. The van der Waals surface area contributed by atoms with Gasteiger partial charge in [-0.3, -0.25) is 0 Å². The van der Waals surface area contributed by atoms with Crippen LogP contribution in [0.25, 0.3) is 91.8 Å². The van der Waals surface area contributed by atoms with Crippen LogP contribution in [0.4, 0.5) is 17.1 Å². The Labute approximate surface area is 358 Å². The summed E-state index contributed by atoms with van der Waals surface area (Å²) in [6.45, 7) is 0. The molecule has 0 N–H and O–H groups in total. The molecule has 0 saturated heterocycles. The zero-order chi connectivity index (χ0) is 40.3. The third kappa shape index (κ3) is 6.01. The van der Waals surface area contributed by atoms with Gasteiger partial charge in [0.15, 0.2) is 0 Å². The van der Waals surface area contributed by atoms with E-state index >= 15 is 0 Å². The molecule has 12 rings (SSSR count). The van der Waals surface area contributed by atoms with E-state index in [1.54, 1.807) is 0 Å². The highest BCUT2D eigenvalue weighted by atomic mass is 32.1. The maximum atomic E-state index is 2.42. The third-order valence-electron chi connectivity index (χ3n) is 12.2. The van der Waals surface area contributed by atoms with Crippen LogP contribution in [0.1, 0.15) is 0 Å². The molecule has 0 saturated carbocycles. The van der Waals surface area contributed by atoms with Crippen LogP contribution >= 0.6 is 11.3 Å². The fourth-order valence-corrected chi connectivity index (χ4v) is 10.4. The number of hydrogen-bond donors (Lipinski definition) is 0. The van der Waals surface area contributed by atoms with Crippen LogP contribution in [-0.2, 0) is 0 Å². The van der Waals surface area contributed by atoms with Crippen LogP contribution in [-0.4, -0.2) is 4.57 Å². The van der Waals surface area contributed by atoms with Crippen molar-refractivity contribution in [3.63, 3.8) is 0 Å². The number of nitrogens with zero attached hydrogens (tertiary/aromatic N) is 2. The van der Waals surface area contributed by atoms with Crippen molar-refractivity contribution in [2.45, 2.75) is 0 Å². The minimum atomic E-state index is 1.09. The molecule has 0 atom stereocenters. The lowest BCUT2D eigenvalue weighted by molar-refractivity contribution is 1.17. The molecule has 0 aliphatic carbocycles. The molecule has 0 unspecified atom stereocenters. The van der Waals surface area contributed by atoms with Gasteiger partial charge >= 0.3 is 0 Å². The molecule has 0 aliphatic heterocycles. The van der Waals surface area contributed by atoms with Crippen LogP contribution in [0.2, 0.25) is 0 Å². The fourth-order valence-electron chi connectivity index (χ4n) is 9.30. The monoisotopic (exact) mass is 794 g/mol. The zero-order valence-corrected chi connectivity index (χ0v) is 34.1. The molecule has 2 aromatic heterocycles. The molecule has 0 radical (unpaired) electrons. The zero-order valence-electron chi connectivity index (χ0n) is 33.2. The first-order chi connectivity index (χ1) is 30.2. The molecule has 0 amide bonds. The number of aromatic nitrogens is 1. The molecule has 2 heterocycles. The summed E-state index contributed by atoms with van der Waals surface area (Å²) in [4.78, 5) is 2.42. The van der Waals surface area contributed by atoms with E-state index in [9.17, 15) is 0 Å². The minimum absolute atomic E-state index is 1.09. The van der Waals surface area contributed by atoms with Crippen LogP contribution in [0.15, 0.2) is 231 Å². The van der Waals surface area contributed by atoms with Gasteiger partial charge in [0.1, 0.15) is 0 Å². The summed E-state index contributed by atoms with van der Waals surface area (Å²) in [6.07, 6.45) is 0. The standard InChI is InChI=1S/C58H38N2S/c1-2-13-43-38-44(29-28-39(43)12-1)42-26-24-40(25-27-42)41-30-32-45(33-31-41)59(46-34-36-47(37-35-46)60-54-20-8-3-14-48(54)49-15-4-9-21-55(49)60)53-19-7-5-16-50(53)51-18-11-23-57-58(51)52-17-6-10-22-56(52)61-57/h1-38H. The number of thiophene rings is 1. The van der Waals surface area contributed by atoms with E-state index < -0.39 is 0 Å². The van der Waals surface area contributed by atoms with Crippen molar-refractivity contribution in [2.24, 2.45) is 0 Å². The molecule has 0 bridgehead atoms. The summed E-state index contributed by atoms with van der Waals surface area (Å²) in [7, 11) is 0. The number of rotatable bonds is 7. The Kier molecular flexibility index (Phi) is 8.39. The van der Waals surface area contributed by atoms with Gasteiger partial charge in [0.2, 0.25) is 0 Å². The van der Waals surface area contributed by atoms with Crippen LogP contribution < -0.4 is 4.90 Å². The molecule has 0 fully saturated rings. The van der Waals surface area contributed by atoms with Gasteiger partial charge in [0, 0.05) is 53.6 Å². The van der Waals surface area contributed by atoms with Crippen LogP contribution in [0, 0.1) is 0 Å². The smallest absolute Gasteiger partial charge is 0.0541 e. The van der Waals surface area contributed by atoms with E-state index in [0.717, 1.165) is 22.7 Å². The normalized spacial score (nSPS) is 11.6. The molecule has 61 heavy (non-hydrogen) atoms. The molecule has 10 aromatic carbocycles. The Morgan fingerprint density at radius 1 is 0.344 bits per heavy atom. The predicted octanol–water partition coefficient (Wildman–Crippen LogP) is 16.8. The maximum absolute atomic E-state index is 2.42. The Bertz CT molecular complexity index is 3520. The van der Waals surface area contributed by atoms with E-state index in [0.29, 0.717) is 0 Å². The highest BCUT2D eigenvalue weighted by Gasteiger charge is 2.21. The van der Waals surface area contributed by atoms with Gasteiger partial charge in [0.05, 0.1) is 16.7 Å². The fraction of sp³-hybridized carbons (Fsp3) is 0. The Hall–Kier alpha value is -7.72. The Balaban J connectivity index is 0.974. The van der Waals surface area contributed by atoms with Crippen LogP contribution in [0.3, 0.4) is 0 Å². The topological polar surface area (TPSA) is 8.17 Å². The summed E-state index contributed by atoms with van der Waals surface area (Å²) in [6, 6.07) is 84.2. The van der Waals surface area contributed by atoms with Gasteiger partial charge in [-0.05, 0) is 111 Å². The van der Waals surface area contributed by atoms with Crippen molar-refractivity contribution < 1.29 is 0 Å². The van der Waals surface area contributed by atoms with E-state index in [4.69, 9.17) is 0 Å². The van der Waals surface area contributed by atoms with Gasteiger partial charge in [-0.2, -0.15) is 0 Å². The van der Waals surface area contributed by atoms with Gasteiger partial charge in [-0.25, -0.2) is 0 Å². The second kappa shape index (κ2) is 14.5. The average Bonchev–Trinajstić information content (AvgIpc) is 3.88. The summed E-state index contributed by atoms with van der Waals surface area (Å²) >= 11 is 1.86. The Morgan fingerprint density at radius 2 is 0.852 bits per heavy atom. The Morgan fingerprint density at radius 3 is 1.57 bits per heavy atom. The van der Waals surface area contributed by atoms with Crippen molar-refractivity contribution in [1.29, 1.82) is 0 Å². The van der Waals surface area contributed by atoms with Gasteiger partial charge in [-0.1, -0.05) is 158 Å². The average molecular weight is 795 g/mol. The highest BCUT2D eigenvalue weighted by molar-refractivity contribution is 7.25. The largest absolute Gasteiger partial charge is 0.310 e. The lowest BCUT2D eigenvalue weighted by atomic mass is 9.96. The number of anilines is 3. The van der Waals surface area contributed by atoms with E-state index in [2.05, 4.69) is 240 Å². The first-order valence-electron chi connectivity index (χ1n) is 20.8. The van der Waals surface area contributed by atoms with E-state index in [1.807, 2.05) is 11.3 Å². The molecule has 2 nitrogen and oxygen atoms in total. The van der Waals surface area contributed by atoms with Crippen molar-refractivity contribution in [1.82, 2.24) is 4.57 Å². The first kappa shape index (κ1) is 35.2. The first-order valence-corrected chi connectivity index (χ1v) is 21.6. The van der Waals surface area contributed by atoms with Crippen molar-refractivity contribution in [2.75, 3.05) is 4.90 Å². The SMILES string of the molecule is c1ccc(N(c2ccc(-c3ccc(-c4ccc5ccccc5c4)cc3)cc2)c2ccc(-n3c4ccccc4c4ccccc43)cc2)c(-c2cccc3sc4ccccc4c23)c1. The van der Waals surface area contributed by atoms with Gasteiger partial charge < -0.3 is 9.47 Å². The second-order valence-corrected chi connectivity index (χ2v) is 16.8. The lowest BCUT2D eigenvalue weighted by Crippen LogP contribution is -2.11. The van der Waals surface area contributed by atoms with E-state index in [-0.39, 0.29) is 0 Å². The number of benzene rings is 10. The predicted molar refractivity (Wildman–Crippen MR) is 262 cm³/mol. The molecular weight excluding hydrogens is 757 g/mol. The molecule has 286 valence electrons. The van der Waals surface area contributed by atoms with Gasteiger partial charge in [0.25, 0.3) is 0 Å². The molecular formula is C58H38N2S. The summed E-state index contributed by atoms with van der Waals surface area (Å²) in [5.41, 5.74) is 14.1. The lowest BCUT2D eigenvalue weighted by Gasteiger charge is -2.28. The van der Waals surface area contributed by atoms with Crippen molar-refractivity contribution >= 4 is 81.1 Å². The molecule has 0 spiro atoms. The number of hydrogen-bond acceptors (Lipinski definition) is 2. The van der Waals surface area contributed by atoms with Gasteiger partial charge in [-0.15, -0.1) is 11.3 Å². The van der Waals surface area contributed by atoms with Crippen LogP contribution in [0.5, 0.6) is 0 Å². The number of fused-ring (bicyclic) bond motifs is 7.